The Kier molecular flexibility index (Phi) is 5.69. The van der Waals surface area contributed by atoms with Crippen molar-refractivity contribution in [2.75, 3.05) is 13.1 Å². The summed E-state index contributed by atoms with van der Waals surface area (Å²) in [5, 5.41) is 3.05. The Morgan fingerprint density at radius 3 is 2.55 bits per heavy atom. The lowest BCUT2D eigenvalue weighted by molar-refractivity contribution is -0.128. The van der Waals surface area contributed by atoms with Gasteiger partial charge in [0.25, 0.3) is 0 Å². The molecular weight excluding hydrogens is 386 g/mol. The highest BCUT2D eigenvalue weighted by Gasteiger charge is 2.53. The number of rotatable bonds is 5. The van der Waals surface area contributed by atoms with Gasteiger partial charge in [0.15, 0.2) is 0 Å². The van der Waals surface area contributed by atoms with E-state index in [1.165, 1.54) is 10.5 Å². The van der Waals surface area contributed by atoms with Gasteiger partial charge in [-0.15, -0.1) is 0 Å². The van der Waals surface area contributed by atoms with Crippen molar-refractivity contribution >= 4 is 15.9 Å². The third-order valence-electron chi connectivity index (χ3n) is 6.36. The summed E-state index contributed by atoms with van der Waals surface area (Å²) in [6.45, 7) is 1.10. The molecular formula is C22H27N3O3S. The number of hydrogen-bond acceptors (Lipinski definition) is 4. The van der Waals surface area contributed by atoms with E-state index in [4.69, 9.17) is 0 Å². The first-order chi connectivity index (χ1) is 14.0. The van der Waals surface area contributed by atoms with Crippen LogP contribution in [0.2, 0.25) is 0 Å². The minimum absolute atomic E-state index is 0.0420. The molecule has 6 nitrogen and oxygen atoms in total. The summed E-state index contributed by atoms with van der Waals surface area (Å²) in [5.74, 6) is -0.363. The largest absolute Gasteiger partial charge is 0.352 e. The number of pyridine rings is 1. The second kappa shape index (κ2) is 8.24. The number of nitrogens with zero attached hydrogens (tertiary/aromatic N) is 2. The molecule has 0 radical (unpaired) electrons. The van der Waals surface area contributed by atoms with Crippen LogP contribution in [0.15, 0.2) is 59.8 Å². The molecule has 4 rings (SSSR count). The molecule has 1 aliphatic heterocycles. The van der Waals surface area contributed by atoms with Crippen molar-refractivity contribution in [3.05, 3.63) is 60.4 Å². The van der Waals surface area contributed by atoms with Crippen LogP contribution in [0, 0.1) is 11.3 Å². The van der Waals surface area contributed by atoms with Gasteiger partial charge in [-0.3, -0.25) is 9.78 Å². The van der Waals surface area contributed by atoms with Gasteiger partial charge in [-0.05, 0) is 36.0 Å². The first kappa shape index (κ1) is 20.0. The molecule has 0 bridgehead atoms. The van der Waals surface area contributed by atoms with Gasteiger partial charge in [-0.1, -0.05) is 49.6 Å². The molecule has 1 atom stereocenters. The van der Waals surface area contributed by atoms with Crippen molar-refractivity contribution in [2.24, 2.45) is 11.3 Å². The fourth-order valence-corrected chi connectivity index (χ4v) is 6.30. The van der Waals surface area contributed by atoms with Gasteiger partial charge in [-0.2, -0.15) is 4.31 Å². The van der Waals surface area contributed by atoms with E-state index in [0.29, 0.717) is 13.1 Å². The van der Waals surface area contributed by atoms with E-state index in [1.807, 2.05) is 30.3 Å². The standard InChI is InChI=1S/C22H27N3O3S/c26-21(24-14-18-8-3-1-4-9-18)20-16-25(17-22(20)11-5-2-6-12-22)29(27,28)19-10-7-13-23-15-19/h1,3-4,7-10,13,15,20H,2,5-6,11-12,14,16-17H2,(H,24,26)/t20-/m0/s1. The van der Waals surface area contributed by atoms with E-state index in [2.05, 4.69) is 10.3 Å². The highest BCUT2D eigenvalue weighted by Crippen LogP contribution is 2.48. The topological polar surface area (TPSA) is 79.4 Å². The van der Waals surface area contributed by atoms with Crippen molar-refractivity contribution in [1.82, 2.24) is 14.6 Å². The zero-order valence-electron chi connectivity index (χ0n) is 16.5. The highest BCUT2D eigenvalue weighted by molar-refractivity contribution is 7.89. The monoisotopic (exact) mass is 413 g/mol. The molecule has 2 heterocycles. The van der Waals surface area contributed by atoms with Crippen LogP contribution in [0.25, 0.3) is 0 Å². The van der Waals surface area contributed by atoms with Crippen LogP contribution < -0.4 is 5.32 Å². The summed E-state index contributed by atoms with van der Waals surface area (Å²) < 4.78 is 27.8. The summed E-state index contributed by atoms with van der Waals surface area (Å²) in [6, 6.07) is 13.0. The minimum atomic E-state index is -3.66. The number of carbonyl (C=O) groups is 1. The number of hydrogen-bond donors (Lipinski definition) is 1. The van der Waals surface area contributed by atoms with Crippen LogP contribution in [-0.4, -0.2) is 36.7 Å². The molecule has 1 aromatic carbocycles. The molecule has 1 spiro atoms. The normalized spacial score (nSPS) is 21.9. The number of sulfonamides is 1. The SMILES string of the molecule is O=C(NCc1ccccc1)[C@@H]1CN(S(=O)(=O)c2cccnc2)CC12CCCCC2. The lowest BCUT2D eigenvalue weighted by Gasteiger charge is -2.37. The van der Waals surface area contributed by atoms with E-state index < -0.39 is 10.0 Å². The highest BCUT2D eigenvalue weighted by atomic mass is 32.2. The zero-order valence-corrected chi connectivity index (χ0v) is 17.3. The van der Waals surface area contributed by atoms with E-state index in [1.54, 1.807) is 18.3 Å². The first-order valence-electron chi connectivity index (χ1n) is 10.2. The quantitative estimate of drug-likeness (QED) is 0.817. The van der Waals surface area contributed by atoms with Gasteiger partial charge in [-0.25, -0.2) is 8.42 Å². The lowest BCUT2D eigenvalue weighted by atomic mass is 9.67. The Morgan fingerprint density at radius 2 is 1.86 bits per heavy atom. The Bertz CT molecular complexity index is 942. The van der Waals surface area contributed by atoms with Crippen LogP contribution in [-0.2, 0) is 21.4 Å². The number of benzene rings is 1. The molecule has 1 amide bonds. The van der Waals surface area contributed by atoms with Crippen molar-refractivity contribution in [2.45, 2.75) is 43.5 Å². The van der Waals surface area contributed by atoms with Gasteiger partial charge >= 0.3 is 0 Å². The van der Waals surface area contributed by atoms with Crippen molar-refractivity contribution in [3.63, 3.8) is 0 Å². The maximum Gasteiger partial charge on any atom is 0.244 e. The van der Waals surface area contributed by atoms with Gasteiger partial charge in [0, 0.05) is 32.0 Å². The molecule has 1 aromatic heterocycles. The molecule has 1 aliphatic carbocycles. The molecule has 1 N–H and O–H groups in total. The molecule has 29 heavy (non-hydrogen) atoms. The number of carbonyl (C=O) groups excluding carboxylic acids is 1. The summed E-state index contributed by atoms with van der Waals surface area (Å²) in [4.78, 5) is 17.3. The molecule has 2 aromatic rings. The smallest absolute Gasteiger partial charge is 0.244 e. The zero-order chi connectivity index (χ0) is 20.3. The van der Waals surface area contributed by atoms with Gasteiger partial charge in [0.05, 0.1) is 5.92 Å². The second-order valence-electron chi connectivity index (χ2n) is 8.17. The summed E-state index contributed by atoms with van der Waals surface area (Å²) in [5.41, 5.74) is 0.769. The van der Waals surface area contributed by atoms with Gasteiger partial charge < -0.3 is 5.32 Å². The van der Waals surface area contributed by atoms with E-state index in [9.17, 15) is 13.2 Å². The minimum Gasteiger partial charge on any atom is -0.352 e. The van der Waals surface area contributed by atoms with E-state index >= 15 is 0 Å². The number of aromatic nitrogens is 1. The third kappa shape index (κ3) is 4.07. The van der Waals surface area contributed by atoms with Crippen LogP contribution in [0.1, 0.15) is 37.7 Å². The van der Waals surface area contributed by atoms with Crippen molar-refractivity contribution in [1.29, 1.82) is 0 Å². The van der Waals surface area contributed by atoms with Crippen molar-refractivity contribution < 1.29 is 13.2 Å². The molecule has 0 unspecified atom stereocenters. The Hall–Kier alpha value is -2.25. The van der Waals surface area contributed by atoms with Crippen LogP contribution >= 0.6 is 0 Å². The van der Waals surface area contributed by atoms with E-state index in [0.717, 1.165) is 37.7 Å². The predicted molar refractivity (Wildman–Crippen MR) is 110 cm³/mol. The number of amides is 1. The molecule has 1 saturated heterocycles. The lowest BCUT2D eigenvalue weighted by Crippen LogP contribution is -2.42. The average Bonchev–Trinajstić information content (AvgIpc) is 3.13. The maximum atomic E-state index is 13.2. The molecule has 1 saturated carbocycles. The van der Waals surface area contributed by atoms with Crippen LogP contribution in [0.5, 0.6) is 0 Å². The number of nitrogens with one attached hydrogen (secondary N) is 1. The molecule has 2 fully saturated rings. The van der Waals surface area contributed by atoms with E-state index in [-0.39, 0.29) is 28.7 Å². The maximum absolute atomic E-state index is 13.2. The fraction of sp³-hybridized carbons (Fsp3) is 0.455. The summed E-state index contributed by atoms with van der Waals surface area (Å²) >= 11 is 0. The van der Waals surface area contributed by atoms with Gasteiger partial charge in [0.2, 0.25) is 15.9 Å². The predicted octanol–water partition coefficient (Wildman–Crippen LogP) is 2.97. The summed E-state index contributed by atoms with van der Waals surface area (Å²) in [7, 11) is -3.66. The first-order valence-corrected chi connectivity index (χ1v) is 11.7. The molecule has 2 aliphatic rings. The summed E-state index contributed by atoms with van der Waals surface area (Å²) in [6.07, 6.45) is 7.98. The Balaban J connectivity index is 1.55. The van der Waals surface area contributed by atoms with Gasteiger partial charge in [0.1, 0.15) is 4.90 Å². The van der Waals surface area contributed by atoms with Crippen LogP contribution in [0.4, 0.5) is 0 Å². The molecule has 7 heteroatoms. The Labute approximate surface area is 172 Å². The third-order valence-corrected chi connectivity index (χ3v) is 8.16. The fourth-order valence-electron chi connectivity index (χ4n) is 4.79. The Morgan fingerprint density at radius 1 is 1.10 bits per heavy atom. The van der Waals surface area contributed by atoms with Crippen molar-refractivity contribution in [3.8, 4) is 0 Å². The van der Waals surface area contributed by atoms with Crippen LogP contribution in [0.3, 0.4) is 0 Å². The average molecular weight is 414 g/mol. The second-order valence-corrected chi connectivity index (χ2v) is 10.1. The molecule has 154 valence electrons.